The quantitative estimate of drug-likeness (QED) is 0.719. The summed E-state index contributed by atoms with van der Waals surface area (Å²) in [6.07, 6.45) is 1.21. The van der Waals surface area contributed by atoms with Gasteiger partial charge in [-0.1, -0.05) is 19.9 Å². The lowest BCUT2D eigenvalue weighted by Gasteiger charge is -2.22. The summed E-state index contributed by atoms with van der Waals surface area (Å²) in [7, 11) is 3.33. The smallest absolute Gasteiger partial charge is 0.161 e. The van der Waals surface area contributed by atoms with Crippen LogP contribution in [-0.2, 0) is 0 Å². The maximum Gasteiger partial charge on any atom is 0.161 e. The van der Waals surface area contributed by atoms with Gasteiger partial charge in [0.25, 0.3) is 0 Å². The molecule has 4 heteroatoms. The van der Waals surface area contributed by atoms with Gasteiger partial charge in [-0.05, 0) is 44.1 Å². The predicted octanol–water partition coefficient (Wildman–Crippen LogP) is 3.09. The molecule has 0 aromatic heterocycles. The fourth-order valence-electron chi connectivity index (χ4n) is 2.42. The Morgan fingerprint density at radius 3 is 2.38 bits per heavy atom. The van der Waals surface area contributed by atoms with Gasteiger partial charge < -0.3 is 19.7 Å². The maximum atomic E-state index is 5.36. The third kappa shape index (κ3) is 5.56. The van der Waals surface area contributed by atoms with Crippen LogP contribution in [0.2, 0.25) is 0 Å². The number of likely N-dealkylation sites (N-methyl/N-ethyl adjacent to an activating group) is 1. The van der Waals surface area contributed by atoms with Crippen molar-refractivity contribution in [1.29, 1.82) is 0 Å². The number of nitrogens with one attached hydrogen (secondary N) is 1. The standard InChI is InChI=1S/C17H30N2O2/c1-6-11-19(7-2)12-10-18-14(3)15-8-9-16(20-4)17(13-15)21-5/h8-9,13-14,18H,6-7,10-12H2,1-5H3. The van der Waals surface area contributed by atoms with Crippen molar-refractivity contribution in [2.75, 3.05) is 40.4 Å². The molecule has 0 spiro atoms. The van der Waals surface area contributed by atoms with Gasteiger partial charge in [0.2, 0.25) is 0 Å². The van der Waals surface area contributed by atoms with Crippen LogP contribution in [0.15, 0.2) is 18.2 Å². The van der Waals surface area contributed by atoms with Gasteiger partial charge in [0.05, 0.1) is 14.2 Å². The molecule has 21 heavy (non-hydrogen) atoms. The average molecular weight is 294 g/mol. The molecule has 0 bridgehead atoms. The normalized spacial score (nSPS) is 12.5. The largest absolute Gasteiger partial charge is 0.493 e. The van der Waals surface area contributed by atoms with Gasteiger partial charge in [-0.2, -0.15) is 0 Å². The maximum absolute atomic E-state index is 5.36. The highest BCUT2D eigenvalue weighted by molar-refractivity contribution is 5.43. The molecule has 1 aromatic carbocycles. The van der Waals surface area contributed by atoms with E-state index in [1.165, 1.54) is 18.5 Å². The van der Waals surface area contributed by atoms with Crippen molar-refractivity contribution in [3.8, 4) is 11.5 Å². The molecule has 120 valence electrons. The minimum absolute atomic E-state index is 0.296. The van der Waals surface area contributed by atoms with Crippen molar-refractivity contribution in [3.63, 3.8) is 0 Å². The number of methoxy groups -OCH3 is 2. The van der Waals surface area contributed by atoms with Crippen molar-refractivity contribution in [1.82, 2.24) is 10.2 Å². The Bertz CT molecular complexity index is 410. The van der Waals surface area contributed by atoms with Gasteiger partial charge in [-0.15, -0.1) is 0 Å². The molecule has 0 aliphatic rings. The molecule has 0 aliphatic carbocycles. The molecule has 1 unspecified atom stereocenters. The number of nitrogens with zero attached hydrogens (tertiary/aromatic N) is 1. The van der Waals surface area contributed by atoms with Crippen LogP contribution < -0.4 is 14.8 Å². The molecule has 0 heterocycles. The summed E-state index contributed by atoms with van der Waals surface area (Å²) in [5.41, 5.74) is 1.21. The van der Waals surface area contributed by atoms with Crippen LogP contribution in [0, 0.1) is 0 Å². The Hall–Kier alpha value is -1.26. The highest BCUT2D eigenvalue weighted by Crippen LogP contribution is 2.29. The van der Waals surface area contributed by atoms with E-state index in [2.05, 4.69) is 37.1 Å². The fourth-order valence-corrected chi connectivity index (χ4v) is 2.42. The van der Waals surface area contributed by atoms with Crippen LogP contribution in [0.1, 0.15) is 38.8 Å². The second-order valence-corrected chi connectivity index (χ2v) is 5.22. The Kier molecular flexibility index (Phi) is 8.16. The lowest BCUT2D eigenvalue weighted by Crippen LogP contribution is -2.33. The van der Waals surface area contributed by atoms with Crippen LogP contribution in [-0.4, -0.2) is 45.3 Å². The molecule has 1 atom stereocenters. The van der Waals surface area contributed by atoms with Gasteiger partial charge in [0.1, 0.15) is 0 Å². The topological polar surface area (TPSA) is 33.7 Å². The lowest BCUT2D eigenvalue weighted by atomic mass is 10.1. The SMILES string of the molecule is CCCN(CC)CCNC(C)c1ccc(OC)c(OC)c1. The zero-order valence-corrected chi connectivity index (χ0v) is 14.1. The Morgan fingerprint density at radius 2 is 1.81 bits per heavy atom. The number of hydrogen-bond donors (Lipinski definition) is 1. The summed E-state index contributed by atoms with van der Waals surface area (Å²) in [6, 6.07) is 6.38. The van der Waals surface area contributed by atoms with E-state index in [0.29, 0.717) is 6.04 Å². The highest BCUT2D eigenvalue weighted by Gasteiger charge is 2.10. The minimum Gasteiger partial charge on any atom is -0.493 e. The van der Waals surface area contributed by atoms with Gasteiger partial charge in [-0.3, -0.25) is 0 Å². The van der Waals surface area contributed by atoms with E-state index in [1.807, 2.05) is 12.1 Å². The minimum atomic E-state index is 0.296. The second kappa shape index (κ2) is 9.64. The van der Waals surface area contributed by atoms with Crippen LogP contribution in [0.5, 0.6) is 11.5 Å². The van der Waals surface area contributed by atoms with E-state index in [9.17, 15) is 0 Å². The highest BCUT2D eigenvalue weighted by atomic mass is 16.5. The molecule has 4 nitrogen and oxygen atoms in total. The first-order valence-electron chi connectivity index (χ1n) is 7.83. The first kappa shape index (κ1) is 17.8. The lowest BCUT2D eigenvalue weighted by molar-refractivity contribution is 0.284. The van der Waals surface area contributed by atoms with Crippen molar-refractivity contribution >= 4 is 0 Å². The zero-order chi connectivity index (χ0) is 15.7. The number of ether oxygens (including phenoxy) is 2. The Labute approximate surface area is 129 Å². The number of hydrogen-bond acceptors (Lipinski definition) is 4. The number of rotatable bonds is 10. The average Bonchev–Trinajstić information content (AvgIpc) is 2.53. The van der Waals surface area contributed by atoms with Gasteiger partial charge >= 0.3 is 0 Å². The summed E-state index contributed by atoms with van der Waals surface area (Å²) < 4.78 is 10.6. The van der Waals surface area contributed by atoms with E-state index < -0.39 is 0 Å². The molecule has 0 saturated carbocycles. The van der Waals surface area contributed by atoms with Crippen LogP contribution in [0.4, 0.5) is 0 Å². The van der Waals surface area contributed by atoms with E-state index in [0.717, 1.165) is 31.1 Å². The summed E-state index contributed by atoms with van der Waals surface area (Å²) in [5.74, 6) is 1.55. The number of benzene rings is 1. The third-order valence-electron chi connectivity index (χ3n) is 3.77. The molecule has 1 N–H and O–H groups in total. The molecular weight excluding hydrogens is 264 g/mol. The Morgan fingerprint density at radius 1 is 1.10 bits per heavy atom. The van der Waals surface area contributed by atoms with Crippen molar-refractivity contribution in [2.45, 2.75) is 33.2 Å². The molecule has 0 aliphatic heterocycles. The summed E-state index contributed by atoms with van der Waals surface area (Å²) in [4.78, 5) is 2.47. The predicted molar refractivity (Wildman–Crippen MR) is 88.4 cm³/mol. The summed E-state index contributed by atoms with van der Waals surface area (Å²) >= 11 is 0. The Balaban J connectivity index is 2.53. The first-order valence-corrected chi connectivity index (χ1v) is 7.83. The summed E-state index contributed by atoms with van der Waals surface area (Å²) in [5, 5.41) is 3.57. The van der Waals surface area contributed by atoms with Crippen LogP contribution >= 0.6 is 0 Å². The van der Waals surface area contributed by atoms with E-state index in [1.54, 1.807) is 14.2 Å². The molecule has 0 radical (unpaired) electrons. The van der Waals surface area contributed by atoms with Crippen LogP contribution in [0.25, 0.3) is 0 Å². The van der Waals surface area contributed by atoms with E-state index in [-0.39, 0.29) is 0 Å². The zero-order valence-electron chi connectivity index (χ0n) is 14.1. The third-order valence-corrected chi connectivity index (χ3v) is 3.77. The molecule has 1 rings (SSSR count). The molecular formula is C17H30N2O2. The van der Waals surface area contributed by atoms with Gasteiger partial charge in [-0.25, -0.2) is 0 Å². The van der Waals surface area contributed by atoms with Gasteiger partial charge in [0.15, 0.2) is 11.5 Å². The van der Waals surface area contributed by atoms with E-state index >= 15 is 0 Å². The fraction of sp³-hybridized carbons (Fsp3) is 0.647. The van der Waals surface area contributed by atoms with Gasteiger partial charge in [0, 0.05) is 19.1 Å². The molecule has 1 aromatic rings. The first-order chi connectivity index (χ1) is 10.2. The van der Waals surface area contributed by atoms with Crippen molar-refractivity contribution < 1.29 is 9.47 Å². The molecule has 0 amide bonds. The van der Waals surface area contributed by atoms with Crippen molar-refractivity contribution in [3.05, 3.63) is 23.8 Å². The van der Waals surface area contributed by atoms with Crippen LogP contribution in [0.3, 0.4) is 0 Å². The van der Waals surface area contributed by atoms with Crippen molar-refractivity contribution in [2.24, 2.45) is 0 Å². The second-order valence-electron chi connectivity index (χ2n) is 5.22. The monoisotopic (exact) mass is 294 g/mol. The van der Waals surface area contributed by atoms with E-state index in [4.69, 9.17) is 9.47 Å². The molecule has 0 saturated heterocycles. The molecule has 0 fully saturated rings. The summed E-state index contributed by atoms with van der Waals surface area (Å²) in [6.45, 7) is 11.0.